The number of nitrogens with two attached hydrogens (primary N) is 1. The van der Waals surface area contributed by atoms with Crippen LogP contribution >= 0.6 is 0 Å². The van der Waals surface area contributed by atoms with E-state index in [1.807, 2.05) is 18.2 Å². The quantitative estimate of drug-likeness (QED) is 0.362. The van der Waals surface area contributed by atoms with Crippen LogP contribution in [0.3, 0.4) is 0 Å². The molecule has 1 fully saturated rings. The van der Waals surface area contributed by atoms with E-state index in [4.69, 9.17) is 15.7 Å². The zero-order valence-corrected chi connectivity index (χ0v) is 10.4. The molecule has 1 aliphatic heterocycles. The number of nitrogens with zero attached hydrogens (tertiary/aromatic N) is 2. The number of hydrogen-bond acceptors (Lipinski definition) is 4. The van der Waals surface area contributed by atoms with E-state index in [1.165, 1.54) is 0 Å². The molecule has 1 unspecified atom stereocenters. The first kappa shape index (κ1) is 11.8. The Morgan fingerprint density at radius 1 is 1.53 bits per heavy atom. The van der Waals surface area contributed by atoms with Gasteiger partial charge in [-0.3, -0.25) is 4.90 Å². The summed E-state index contributed by atoms with van der Waals surface area (Å²) >= 11 is 0. The largest absolute Gasteiger partial charge is 0.448 e. The number of rotatable bonds is 2. The van der Waals surface area contributed by atoms with Crippen LogP contribution in [-0.2, 0) is 11.2 Å². The lowest BCUT2D eigenvalue weighted by molar-refractivity contribution is 0.147. The summed E-state index contributed by atoms with van der Waals surface area (Å²) in [5.74, 6) is 0.112. The highest BCUT2D eigenvalue weighted by atomic mass is 16.6. The Bertz CT molecular complexity index is 556. The fourth-order valence-electron chi connectivity index (χ4n) is 2.94. The summed E-state index contributed by atoms with van der Waals surface area (Å²) in [6, 6.07) is 5.73. The fourth-order valence-corrected chi connectivity index (χ4v) is 2.94. The Balaban J connectivity index is 1.99. The maximum absolute atomic E-state index is 11.7. The molecule has 1 heterocycles. The number of ether oxygens (including phenoxy) is 1. The van der Waals surface area contributed by atoms with Gasteiger partial charge in [0.2, 0.25) is 0 Å². The number of oxime groups is 1. The van der Waals surface area contributed by atoms with Crippen LogP contribution in [0.5, 0.6) is 0 Å². The van der Waals surface area contributed by atoms with Crippen molar-refractivity contribution in [2.45, 2.75) is 18.9 Å². The number of fused-ring (bicyclic) bond motifs is 1. The van der Waals surface area contributed by atoms with Crippen LogP contribution in [0.25, 0.3) is 0 Å². The van der Waals surface area contributed by atoms with E-state index in [1.54, 1.807) is 4.90 Å². The standard InChI is InChI=1S/C13H15N3O3/c14-12(15-18)10-3-1-2-9-8(10)4-5-11(9)16-6-7-19-13(16)17/h1-3,11,18H,4-7H2,(H2,14,15). The molecule has 0 radical (unpaired) electrons. The molecule has 1 aliphatic carbocycles. The lowest BCUT2D eigenvalue weighted by Crippen LogP contribution is -2.28. The minimum absolute atomic E-state index is 0.0384. The fraction of sp³-hybridized carbons (Fsp3) is 0.385. The molecule has 0 saturated carbocycles. The van der Waals surface area contributed by atoms with Gasteiger partial charge in [0.05, 0.1) is 12.6 Å². The molecule has 1 amide bonds. The van der Waals surface area contributed by atoms with Crippen molar-refractivity contribution in [3.05, 3.63) is 34.9 Å². The number of amidine groups is 1. The Morgan fingerprint density at radius 3 is 3.05 bits per heavy atom. The van der Waals surface area contributed by atoms with Gasteiger partial charge in [-0.15, -0.1) is 0 Å². The summed E-state index contributed by atoms with van der Waals surface area (Å²) in [5, 5.41) is 11.9. The van der Waals surface area contributed by atoms with Crippen molar-refractivity contribution in [1.82, 2.24) is 4.90 Å². The summed E-state index contributed by atoms with van der Waals surface area (Å²) in [6.07, 6.45) is 1.41. The Morgan fingerprint density at radius 2 is 2.37 bits per heavy atom. The van der Waals surface area contributed by atoms with Gasteiger partial charge in [0.15, 0.2) is 5.84 Å². The normalized spacial score (nSPS) is 22.5. The van der Waals surface area contributed by atoms with Gasteiger partial charge >= 0.3 is 6.09 Å². The highest BCUT2D eigenvalue weighted by Gasteiger charge is 2.35. The molecule has 2 aliphatic rings. The average Bonchev–Trinajstić information content (AvgIpc) is 3.03. The number of benzene rings is 1. The van der Waals surface area contributed by atoms with E-state index in [0.717, 1.165) is 29.5 Å². The SMILES string of the molecule is N/C(=N\O)c1cccc2c1CCC2N1CCOC1=O. The van der Waals surface area contributed by atoms with Crippen LogP contribution in [0.2, 0.25) is 0 Å². The molecule has 0 bridgehead atoms. The summed E-state index contributed by atoms with van der Waals surface area (Å²) in [5.41, 5.74) is 8.56. The van der Waals surface area contributed by atoms with Crippen molar-refractivity contribution < 1.29 is 14.7 Å². The van der Waals surface area contributed by atoms with Gasteiger partial charge in [-0.2, -0.15) is 0 Å². The van der Waals surface area contributed by atoms with Crippen molar-refractivity contribution in [2.24, 2.45) is 10.9 Å². The van der Waals surface area contributed by atoms with Crippen LogP contribution in [0, 0.1) is 0 Å². The van der Waals surface area contributed by atoms with Crippen LogP contribution in [-0.4, -0.2) is 35.2 Å². The molecule has 1 aromatic carbocycles. The van der Waals surface area contributed by atoms with E-state index in [0.29, 0.717) is 13.2 Å². The van der Waals surface area contributed by atoms with Gasteiger partial charge in [-0.25, -0.2) is 4.79 Å². The smallest absolute Gasteiger partial charge is 0.410 e. The Kier molecular flexibility index (Phi) is 2.77. The second-order valence-electron chi connectivity index (χ2n) is 4.72. The first-order chi connectivity index (χ1) is 9.22. The van der Waals surface area contributed by atoms with Gasteiger partial charge in [0, 0.05) is 5.56 Å². The monoisotopic (exact) mass is 261 g/mol. The molecule has 1 aromatic rings. The second kappa shape index (κ2) is 4.46. The molecule has 3 N–H and O–H groups in total. The molecule has 6 nitrogen and oxygen atoms in total. The van der Waals surface area contributed by atoms with E-state index in [9.17, 15) is 4.79 Å². The predicted octanol–water partition coefficient (Wildman–Crippen LogP) is 1.22. The summed E-state index contributed by atoms with van der Waals surface area (Å²) in [7, 11) is 0. The zero-order chi connectivity index (χ0) is 13.4. The third-order valence-electron chi connectivity index (χ3n) is 3.79. The first-order valence-electron chi connectivity index (χ1n) is 6.25. The number of amides is 1. The maximum atomic E-state index is 11.7. The summed E-state index contributed by atoms with van der Waals surface area (Å²) < 4.78 is 4.99. The number of carbonyl (C=O) groups is 1. The number of cyclic esters (lactones) is 1. The maximum Gasteiger partial charge on any atom is 0.410 e. The summed E-state index contributed by atoms with van der Waals surface area (Å²) in [4.78, 5) is 13.4. The predicted molar refractivity (Wildman–Crippen MR) is 68.1 cm³/mol. The minimum atomic E-state index is -0.257. The van der Waals surface area contributed by atoms with Gasteiger partial charge in [-0.05, 0) is 24.0 Å². The van der Waals surface area contributed by atoms with Crippen molar-refractivity contribution in [1.29, 1.82) is 0 Å². The summed E-state index contributed by atoms with van der Waals surface area (Å²) in [6.45, 7) is 1.07. The average molecular weight is 261 g/mol. The minimum Gasteiger partial charge on any atom is -0.448 e. The van der Waals surface area contributed by atoms with Crippen LogP contribution < -0.4 is 5.73 Å². The van der Waals surface area contributed by atoms with Gasteiger partial charge in [-0.1, -0.05) is 23.4 Å². The van der Waals surface area contributed by atoms with Crippen molar-refractivity contribution in [3.63, 3.8) is 0 Å². The molecular weight excluding hydrogens is 246 g/mol. The first-order valence-corrected chi connectivity index (χ1v) is 6.25. The molecule has 3 rings (SSSR count). The number of carbonyl (C=O) groups excluding carboxylic acids is 1. The van der Waals surface area contributed by atoms with E-state index >= 15 is 0 Å². The molecule has 1 saturated heterocycles. The van der Waals surface area contributed by atoms with Crippen molar-refractivity contribution in [3.8, 4) is 0 Å². The third-order valence-corrected chi connectivity index (χ3v) is 3.79. The third kappa shape index (κ3) is 1.80. The van der Waals surface area contributed by atoms with Crippen LogP contribution in [0.1, 0.15) is 29.2 Å². The second-order valence-corrected chi connectivity index (χ2v) is 4.72. The van der Waals surface area contributed by atoms with Gasteiger partial charge < -0.3 is 15.7 Å². The van der Waals surface area contributed by atoms with Crippen molar-refractivity contribution in [2.75, 3.05) is 13.2 Å². The number of hydrogen-bond donors (Lipinski definition) is 2. The highest BCUT2D eigenvalue weighted by Crippen LogP contribution is 2.38. The lowest BCUT2D eigenvalue weighted by Gasteiger charge is -2.22. The molecule has 6 heteroatoms. The molecular formula is C13H15N3O3. The molecule has 0 spiro atoms. The molecule has 1 atom stereocenters. The van der Waals surface area contributed by atoms with Gasteiger partial charge in [0.25, 0.3) is 0 Å². The molecule has 0 aromatic heterocycles. The van der Waals surface area contributed by atoms with E-state index in [2.05, 4.69) is 5.16 Å². The zero-order valence-electron chi connectivity index (χ0n) is 10.4. The topological polar surface area (TPSA) is 88.2 Å². The van der Waals surface area contributed by atoms with Gasteiger partial charge in [0.1, 0.15) is 6.61 Å². The van der Waals surface area contributed by atoms with E-state index in [-0.39, 0.29) is 18.0 Å². The van der Waals surface area contributed by atoms with Crippen LogP contribution in [0.15, 0.2) is 23.4 Å². The van der Waals surface area contributed by atoms with E-state index < -0.39 is 0 Å². The Hall–Kier alpha value is -2.24. The Labute approximate surface area is 110 Å². The lowest BCUT2D eigenvalue weighted by atomic mass is 10.0. The van der Waals surface area contributed by atoms with Crippen LogP contribution in [0.4, 0.5) is 4.79 Å². The van der Waals surface area contributed by atoms with Crippen molar-refractivity contribution >= 4 is 11.9 Å². The highest BCUT2D eigenvalue weighted by molar-refractivity contribution is 5.98. The molecule has 19 heavy (non-hydrogen) atoms. The molecule has 100 valence electrons.